The SMILES string of the molecule is O=C(Nc1nc2c(s1)CCCCCC2)c1ccc(-n2cc[nH]c2=S)cc1. The van der Waals surface area contributed by atoms with Crippen LogP contribution in [0.4, 0.5) is 5.13 Å². The number of nitrogens with zero attached hydrogens (tertiary/aromatic N) is 2. The second-order valence-corrected chi connectivity index (χ2v) is 7.91. The summed E-state index contributed by atoms with van der Waals surface area (Å²) in [6.07, 6.45) is 10.7. The molecule has 0 fully saturated rings. The van der Waals surface area contributed by atoms with E-state index in [0.717, 1.165) is 18.5 Å². The number of amides is 1. The van der Waals surface area contributed by atoms with Crippen LogP contribution in [-0.4, -0.2) is 20.4 Å². The van der Waals surface area contributed by atoms with Crippen molar-refractivity contribution < 1.29 is 4.79 Å². The molecule has 3 aromatic rings. The quantitative estimate of drug-likeness (QED) is 0.631. The van der Waals surface area contributed by atoms with Crippen molar-refractivity contribution in [2.24, 2.45) is 0 Å². The molecule has 4 rings (SSSR count). The van der Waals surface area contributed by atoms with Crippen LogP contribution in [0.3, 0.4) is 0 Å². The molecule has 0 saturated carbocycles. The van der Waals surface area contributed by atoms with E-state index >= 15 is 0 Å². The van der Waals surface area contributed by atoms with Crippen molar-refractivity contribution >= 4 is 34.6 Å². The fraction of sp³-hybridized carbons (Fsp3) is 0.316. The van der Waals surface area contributed by atoms with Crippen molar-refractivity contribution in [2.75, 3.05) is 5.32 Å². The van der Waals surface area contributed by atoms with Crippen molar-refractivity contribution in [3.05, 3.63) is 57.6 Å². The Morgan fingerprint density at radius 2 is 1.92 bits per heavy atom. The lowest BCUT2D eigenvalue weighted by Crippen LogP contribution is -2.11. The smallest absolute Gasteiger partial charge is 0.257 e. The Morgan fingerprint density at radius 3 is 2.65 bits per heavy atom. The van der Waals surface area contributed by atoms with Gasteiger partial charge in [0.2, 0.25) is 0 Å². The number of H-pyrrole nitrogens is 1. The molecule has 5 nitrogen and oxygen atoms in total. The summed E-state index contributed by atoms with van der Waals surface area (Å²) in [5, 5.41) is 3.66. The maximum Gasteiger partial charge on any atom is 0.257 e. The van der Waals surface area contributed by atoms with Crippen LogP contribution in [0.5, 0.6) is 0 Å². The molecular weight excluding hydrogens is 364 g/mol. The zero-order chi connectivity index (χ0) is 17.9. The third-order valence-corrected chi connectivity index (χ3v) is 6.01. The molecule has 2 N–H and O–H groups in total. The molecule has 1 aromatic carbocycles. The summed E-state index contributed by atoms with van der Waals surface area (Å²) < 4.78 is 2.49. The predicted octanol–water partition coefficient (Wildman–Crippen LogP) is 4.90. The summed E-state index contributed by atoms with van der Waals surface area (Å²) in [4.78, 5) is 21.5. The molecule has 2 aromatic heterocycles. The average Bonchev–Trinajstić information content (AvgIpc) is 3.21. The molecule has 0 atom stereocenters. The minimum absolute atomic E-state index is 0.129. The Kier molecular flexibility index (Phi) is 4.99. The number of carbonyl (C=O) groups is 1. The lowest BCUT2D eigenvalue weighted by Gasteiger charge is -2.06. The van der Waals surface area contributed by atoms with Crippen molar-refractivity contribution in [3.63, 3.8) is 0 Å². The maximum absolute atomic E-state index is 12.5. The van der Waals surface area contributed by atoms with Crippen molar-refractivity contribution in [1.29, 1.82) is 0 Å². The first-order valence-corrected chi connectivity index (χ1v) is 10.1. The number of aryl methyl sites for hydroxylation is 2. The number of hydrogen-bond donors (Lipinski definition) is 2. The van der Waals surface area contributed by atoms with Crippen LogP contribution in [0, 0.1) is 4.77 Å². The molecule has 1 aliphatic rings. The highest BCUT2D eigenvalue weighted by Gasteiger charge is 2.15. The standard InChI is InChI=1S/C19H20N4OS2/c24-17(13-7-9-14(10-8-13)23-12-11-20-19(23)25)22-18-21-15-5-3-1-2-4-6-16(15)26-18/h7-12H,1-6H2,(H,20,25)(H,21,22,24). The van der Waals surface area contributed by atoms with Gasteiger partial charge in [0.25, 0.3) is 5.91 Å². The largest absolute Gasteiger partial charge is 0.337 e. The first-order chi connectivity index (χ1) is 12.7. The van der Waals surface area contributed by atoms with E-state index in [1.807, 2.05) is 35.0 Å². The highest BCUT2D eigenvalue weighted by Crippen LogP contribution is 2.28. The number of anilines is 1. The van der Waals surface area contributed by atoms with E-state index in [4.69, 9.17) is 12.2 Å². The number of carbonyl (C=O) groups excluding carboxylic acids is 1. The van der Waals surface area contributed by atoms with Crippen LogP contribution in [0.25, 0.3) is 5.69 Å². The maximum atomic E-state index is 12.5. The molecule has 134 valence electrons. The summed E-state index contributed by atoms with van der Waals surface area (Å²) in [5.41, 5.74) is 2.70. The number of benzene rings is 1. The van der Waals surface area contributed by atoms with E-state index in [-0.39, 0.29) is 5.91 Å². The number of thiazole rings is 1. The molecule has 0 radical (unpaired) electrons. The highest BCUT2D eigenvalue weighted by atomic mass is 32.1. The van der Waals surface area contributed by atoms with Gasteiger partial charge in [0.15, 0.2) is 9.90 Å². The Balaban J connectivity index is 1.49. The highest BCUT2D eigenvalue weighted by molar-refractivity contribution is 7.71. The van der Waals surface area contributed by atoms with Crippen molar-refractivity contribution in [2.45, 2.75) is 38.5 Å². The normalized spacial score (nSPS) is 14.3. The molecule has 0 saturated heterocycles. The van der Waals surface area contributed by atoms with E-state index < -0.39 is 0 Å². The van der Waals surface area contributed by atoms with Gasteiger partial charge in [0.1, 0.15) is 0 Å². The monoisotopic (exact) mass is 384 g/mol. The van der Waals surface area contributed by atoms with Crippen LogP contribution in [0.15, 0.2) is 36.7 Å². The Bertz CT molecular complexity index is 943. The van der Waals surface area contributed by atoms with Gasteiger partial charge >= 0.3 is 0 Å². The summed E-state index contributed by atoms with van der Waals surface area (Å²) in [6, 6.07) is 7.39. The number of imidazole rings is 1. The zero-order valence-corrected chi connectivity index (χ0v) is 16.0. The van der Waals surface area contributed by atoms with Gasteiger partial charge in [-0.25, -0.2) is 4.98 Å². The van der Waals surface area contributed by atoms with E-state index in [0.29, 0.717) is 15.5 Å². The molecule has 2 heterocycles. The average molecular weight is 385 g/mol. The van der Waals surface area contributed by atoms with Crippen molar-refractivity contribution in [1.82, 2.24) is 14.5 Å². The summed E-state index contributed by atoms with van der Waals surface area (Å²) in [7, 11) is 0. The zero-order valence-electron chi connectivity index (χ0n) is 14.3. The molecule has 0 spiro atoms. The molecule has 1 aliphatic carbocycles. The summed E-state index contributed by atoms with van der Waals surface area (Å²) in [5.74, 6) is -0.129. The summed E-state index contributed by atoms with van der Waals surface area (Å²) in [6.45, 7) is 0. The molecule has 0 unspecified atom stereocenters. The lowest BCUT2D eigenvalue weighted by atomic mass is 10.0. The van der Waals surface area contributed by atoms with Gasteiger partial charge in [-0.05, 0) is 62.2 Å². The van der Waals surface area contributed by atoms with Gasteiger partial charge in [-0.2, -0.15) is 0 Å². The predicted molar refractivity (Wildman–Crippen MR) is 107 cm³/mol. The number of hydrogen-bond acceptors (Lipinski definition) is 4. The number of aromatic amines is 1. The Hall–Kier alpha value is -2.25. The second kappa shape index (κ2) is 7.55. The second-order valence-electron chi connectivity index (χ2n) is 6.44. The molecule has 26 heavy (non-hydrogen) atoms. The third kappa shape index (κ3) is 3.64. The molecule has 7 heteroatoms. The van der Waals surface area contributed by atoms with Crippen molar-refractivity contribution in [3.8, 4) is 5.69 Å². The van der Waals surface area contributed by atoms with Gasteiger partial charge in [0, 0.05) is 28.5 Å². The van der Waals surface area contributed by atoms with Crippen LogP contribution in [0.1, 0.15) is 46.6 Å². The van der Waals surface area contributed by atoms with E-state index in [1.54, 1.807) is 17.5 Å². The fourth-order valence-corrected chi connectivity index (χ4v) is 4.50. The topological polar surface area (TPSA) is 62.7 Å². The van der Waals surface area contributed by atoms with E-state index in [2.05, 4.69) is 15.3 Å². The number of aromatic nitrogens is 3. The number of fused-ring (bicyclic) bond motifs is 1. The van der Waals surface area contributed by atoms with Gasteiger partial charge in [0.05, 0.1) is 5.69 Å². The van der Waals surface area contributed by atoms with Crippen LogP contribution in [0.2, 0.25) is 0 Å². The molecule has 0 bridgehead atoms. The Labute approximate surface area is 161 Å². The lowest BCUT2D eigenvalue weighted by molar-refractivity contribution is 0.102. The van der Waals surface area contributed by atoms with E-state index in [1.165, 1.54) is 36.3 Å². The third-order valence-electron chi connectivity index (χ3n) is 4.62. The summed E-state index contributed by atoms with van der Waals surface area (Å²) >= 11 is 6.84. The number of rotatable bonds is 3. The first-order valence-electron chi connectivity index (χ1n) is 8.87. The van der Waals surface area contributed by atoms with Gasteiger partial charge < -0.3 is 4.98 Å². The van der Waals surface area contributed by atoms with Crippen LogP contribution >= 0.6 is 23.6 Å². The van der Waals surface area contributed by atoms with Crippen LogP contribution in [-0.2, 0) is 12.8 Å². The number of nitrogens with one attached hydrogen (secondary N) is 2. The Morgan fingerprint density at radius 1 is 1.15 bits per heavy atom. The molecule has 1 amide bonds. The van der Waals surface area contributed by atoms with E-state index in [9.17, 15) is 4.79 Å². The molecule has 0 aliphatic heterocycles. The van der Waals surface area contributed by atoms with Gasteiger partial charge in [-0.1, -0.05) is 12.8 Å². The molecular formula is C19H20N4OS2. The fourth-order valence-electron chi connectivity index (χ4n) is 3.23. The minimum Gasteiger partial charge on any atom is -0.337 e. The minimum atomic E-state index is -0.129. The van der Waals surface area contributed by atoms with Crippen LogP contribution < -0.4 is 5.32 Å². The first kappa shape index (κ1) is 17.2. The van der Waals surface area contributed by atoms with Gasteiger partial charge in [-0.3, -0.25) is 14.7 Å². The van der Waals surface area contributed by atoms with Gasteiger partial charge in [-0.15, -0.1) is 11.3 Å².